The third kappa shape index (κ3) is 4.47. The van der Waals surface area contributed by atoms with Gasteiger partial charge in [-0.25, -0.2) is 9.78 Å². The second kappa shape index (κ2) is 7.10. The summed E-state index contributed by atoms with van der Waals surface area (Å²) in [6, 6.07) is -0.179. The van der Waals surface area contributed by atoms with Gasteiger partial charge in [-0.2, -0.15) is 0 Å². The molecule has 2 amide bonds. The van der Waals surface area contributed by atoms with Crippen LogP contribution in [-0.4, -0.2) is 39.6 Å². The van der Waals surface area contributed by atoms with Gasteiger partial charge >= 0.3 is 12.0 Å². The molecule has 21 heavy (non-hydrogen) atoms. The average Bonchev–Trinajstić information content (AvgIpc) is 2.88. The van der Waals surface area contributed by atoms with Gasteiger partial charge in [0.05, 0.1) is 12.7 Å². The van der Waals surface area contributed by atoms with Crippen molar-refractivity contribution in [3.05, 3.63) is 17.8 Å². The van der Waals surface area contributed by atoms with Gasteiger partial charge in [-0.05, 0) is 32.6 Å². The highest BCUT2D eigenvalue weighted by Crippen LogP contribution is 2.21. The van der Waals surface area contributed by atoms with E-state index in [0.29, 0.717) is 24.6 Å². The Kier molecular flexibility index (Phi) is 5.19. The van der Waals surface area contributed by atoms with E-state index in [2.05, 4.69) is 10.3 Å². The van der Waals surface area contributed by atoms with Gasteiger partial charge in [-0.1, -0.05) is 0 Å². The molecule has 116 valence electrons. The summed E-state index contributed by atoms with van der Waals surface area (Å²) in [6.45, 7) is 2.71. The van der Waals surface area contributed by atoms with Crippen LogP contribution in [0.5, 0.6) is 0 Å². The summed E-state index contributed by atoms with van der Waals surface area (Å²) >= 11 is 0. The standard InChI is InChI=1S/C14H21N3O4/c1-10-8-15-12(21-10)9-16-14(20)17-7-3-2-4-11(17)5-6-13(18)19/h8,11H,2-7,9H2,1H3,(H,16,20)(H,18,19). The molecular formula is C14H21N3O4. The summed E-state index contributed by atoms with van der Waals surface area (Å²) in [4.78, 5) is 28.7. The number of carbonyl (C=O) groups excluding carboxylic acids is 1. The number of hydrogen-bond donors (Lipinski definition) is 2. The molecule has 1 fully saturated rings. The maximum Gasteiger partial charge on any atom is 0.318 e. The molecule has 2 N–H and O–H groups in total. The van der Waals surface area contributed by atoms with Crippen molar-refractivity contribution in [3.63, 3.8) is 0 Å². The van der Waals surface area contributed by atoms with E-state index in [0.717, 1.165) is 19.3 Å². The van der Waals surface area contributed by atoms with Crippen molar-refractivity contribution in [1.82, 2.24) is 15.2 Å². The molecule has 0 radical (unpaired) electrons. The van der Waals surface area contributed by atoms with Crippen LogP contribution in [0.15, 0.2) is 10.6 Å². The van der Waals surface area contributed by atoms with Gasteiger partial charge in [0.1, 0.15) is 5.76 Å². The zero-order valence-corrected chi connectivity index (χ0v) is 12.2. The summed E-state index contributed by atoms with van der Waals surface area (Å²) < 4.78 is 5.30. The average molecular weight is 295 g/mol. The summed E-state index contributed by atoms with van der Waals surface area (Å²) in [5.74, 6) is 0.354. The van der Waals surface area contributed by atoms with Gasteiger partial charge in [-0.15, -0.1) is 0 Å². The quantitative estimate of drug-likeness (QED) is 0.865. The van der Waals surface area contributed by atoms with Crippen LogP contribution < -0.4 is 5.32 Å². The van der Waals surface area contributed by atoms with Crippen LogP contribution in [-0.2, 0) is 11.3 Å². The van der Waals surface area contributed by atoms with E-state index in [1.165, 1.54) is 0 Å². The van der Waals surface area contributed by atoms with Gasteiger partial charge in [0.15, 0.2) is 0 Å². The fraction of sp³-hybridized carbons (Fsp3) is 0.643. The third-order valence-electron chi connectivity index (χ3n) is 3.64. The molecule has 0 saturated carbocycles. The molecule has 1 aromatic heterocycles. The van der Waals surface area contributed by atoms with Gasteiger partial charge in [0.2, 0.25) is 5.89 Å². The molecule has 1 saturated heterocycles. The van der Waals surface area contributed by atoms with E-state index in [1.54, 1.807) is 18.0 Å². The molecule has 1 aliphatic heterocycles. The molecule has 0 aromatic carbocycles. The number of nitrogens with zero attached hydrogens (tertiary/aromatic N) is 2. The number of aliphatic carboxylic acids is 1. The number of urea groups is 1. The van der Waals surface area contributed by atoms with Gasteiger partial charge in [-0.3, -0.25) is 4.79 Å². The number of aryl methyl sites for hydroxylation is 1. The predicted molar refractivity (Wildman–Crippen MR) is 74.7 cm³/mol. The Bertz CT molecular complexity index is 500. The third-order valence-corrected chi connectivity index (χ3v) is 3.64. The lowest BCUT2D eigenvalue weighted by molar-refractivity contribution is -0.137. The first-order chi connectivity index (χ1) is 10.1. The number of carboxylic acid groups (broad SMARTS) is 1. The van der Waals surface area contributed by atoms with Gasteiger partial charge in [0.25, 0.3) is 0 Å². The van der Waals surface area contributed by atoms with Crippen molar-refractivity contribution in [3.8, 4) is 0 Å². The molecule has 1 unspecified atom stereocenters. The predicted octanol–water partition coefficient (Wildman–Crippen LogP) is 1.91. The second-order valence-corrected chi connectivity index (χ2v) is 5.30. The Labute approximate surface area is 123 Å². The molecule has 1 aromatic rings. The highest BCUT2D eigenvalue weighted by molar-refractivity contribution is 5.74. The number of hydrogen-bond acceptors (Lipinski definition) is 4. The molecule has 0 bridgehead atoms. The normalized spacial score (nSPS) is 18.5. The van der Waals surface area contributed by atoms with Gasteiger partial charge < -0.3 is 19.7 Å². The summed E-state index contributed by atoms with van der Waals surface area (Å²) in [7, 11) is 0. The molecule has 7 nitrogen and oxygen atoms in total. The number of oxazole rings is 1. The Morgan fingerprint density at radius 1 is 1.52 bits per heavy atom. The Hall–Kier alpha value is -2.05. The minimum atomic E-state index is -0.823. The first kappa shape index (κ1) is 15.3. The van der Waals surface area contributed by atoms with Crippen LogP contribution in [0.4, 0.5) is 4.79 Å². The lowest BCUT2D eigenvalue weighted by Crippen LogP contribution is -2.48. The van der Waals surface area contributed by atoms with Crippen LogP contribution in [0.25, 0.3) is 0 Å². The SMILES string of the molecule is Cc1cnc(CNC(=O)N2CCCCC2CCC(=O)O)o1. The van der Waals surface area contributed by atoms with Crippen molar-refractivity contribution < 1.29 is 19.1 Å². The van der Waals surface area contributed by atoms with E-state index in [1.807, 2.05) is 0 Å². The van der Waals surface area contributed by atoms with E-state index < -0.39 is 5.97 Å². The number of carboxylic acids is 1. The number of piperidine rings is 1. The number of rotatable bonds is 5. The lowest BCUT2D eigenvalue weighted by atomic mass is 9.98. The zero-order chi connectivity index (χ0) is 15.2. The fourth-order valence-corrected chi connectivity index (χ4v) is 2.59. The molecular weight excluding hydrogens is 274 g/mol. The first-order valence-corrected chi connectivity index (χ1v) is 7.24. The van der Waals surface area contributed by atoms with E-state index >= 15 is 0 Å². The monoisotopic (exact) mass is 295 g/mol. The minimum Gasteiger partial charge on any atom is -0.481 e. The summed E-state index contributed by atoms with van der Waals surface area (Å²) in [5.41, 5.74) is 0. The first-order valence-electron chi connectivity index (χ1n) is 7.24. The number of nitrogens with one attached hydrogen (secondary N) is 1. The Balaban J connectivity index is 1.87. The van der Waals surface area contributed by atoms with Crippen LogP contribution >= 0.6 is 0 Å². The second-order valence-electron chi connectivity index (χ2n) is 5.30. The molecule has 0 aliphatic carbocycles. The van der Waals surface area contributed by atoms with Crippen LogP contribution in [0.3, 0.4) is 0 Å². The number of aromatic nitrogens is 1. The highest BCUT2D eigenvalue weighted by atomic mass is 16.4. The van der Waals surface area contributed by atoms with Crippen molar-refractivity contribution >= 4 is 12.0 Å². The maximum absolute atomic E-state index is 12.2. The number of carbonyl (C=O) groups is 2. The van der Waals surface area contributed by atoms with Crippen LogP contribution in [0.1, 0.15) is 43.8 Å². The number of amides is 2. The zero-order valence-electron chi connectivity index (χ0n) is 12.2. The van der Waals surface area contributed by atoms with Gasteiger partial charge in [0, 0.05) is 19.0 Å². The van der Waals surface area contributed by atoms with E-state index in [-0.39, 0.29) is 25.0 Å². The van der Waals surface area contributed by atoms with Crippen molar-refractivity contribution in [2.45, 2.75) is 51.6 Å². The fourth-order valence-electron chi connectivity index (χ4n) is 2.59. The maximum atomic E-state index is 12.2. The molecule has 1 aliphatic rings. The molecule has 2 heterocycles. The summed E-state index contributed by atoms with van der Waals surface area (Å²) in [5, 5.41) is 11.6. The topological polar surface area (TPSA) is 95.7 Å². The largest absolute Gasteiger partial charge is 0.481 e. The van der Waals surface area contributed by atoms with Crippen LogP contribution in [0, 0.1) is 6.92 Å². The molecule has 0 spiro atoms. The Morgan fingerprint density at radius 3 is 3.00 bits per heavy atom. The Morgan fingerprint density at radius 2 is 2.33 bits per heavy atom. The minimum absolute atomic E-state index is 0.00106. The lowest BCUT2D eigenvalue weighted by Gasteiger charge is -2.35. The molecule has 2 rings (SSSR count). The van der Waals surface area contributed by atoms with Crippen LogP contribution in [0.2, 0.25) is 0 Å². The molecule has 7 heteroatoms. The number of likely N-dealkylation sites (tertiary alicyclic amines) is 1. The summed E-state index contributed by atoms with van der Waals surface area (Å²) in [6.07, 6.45) is 5.05. The highest BCUT2D eigenvalue weighted by Gasteiger charge is 2.27. The van der Waals surface area contributed by atoms with E-state index in [9.17, 15) is 9.59 Å². The van der Waals surface area contributed by atoms with Crippen molar-refractivity contribution in [1.29, 1.82) is 0 Å². The van der Waals surface area contributed by atoms with Crippen molar-refractivity contribution in [2.75, 3.05) is 6.54 Å². The van der Waals surface area contributed by atoms with E-state index in [4.69, 9.17) is 9.52 Å². The van der Waals surface area contributed by atoms with Crippen molar-refractivity contribution in [2.24, 2.45) is 0 Å². The smallest absolute Gasteiger partial charge is 0.318 e. The molecule has 1 atom stereocenters.